The number of carboxylic acid groups (broad SMARTS) is 1. The van der Waals surface area contributed by atoms with Crippen molar-refractivity contribution in [2.75, 3.05) is 0 Å². The molecule has 0 bridgehead atoms. The van der Waals surface area contributed by atoms with Crippen LogP contribution in [-0.2, 0) is 9.59 Å². The zero-order valence-electron chi connectivity index (χ0n) is 14.1. The summed E-state index contributed by atoms with van der Waals surface area (Å²) >= 11 is 0. The molecule has 0 fully saturated rings. The molecular weight excluding hydrogens is 294 g/mol. The van der Waals surface area contributed by atoms with Gasteiger partial charge >= 0.3 is 5.97 Å². The second-order valence-electron chi connectivity index (χ2n) is 6.05. The van der Waals surface area contributed by atoms with E-state index in [4.69, 9.17) is 5.11 Å². The van der Waals surface area contributed by atoms with Gasteiger partial charge in [0.15, 0.2) is 5.78 Å². The predicted molar refractivity (Wildman–Crippen MR) is 88.5 cm³/mol. The number of nitrogens with one attached hydrogen (secondary N) is 1. The number of aliphatic carboxylic acids is 1. The van der Waals surface area contributed by atoms with Crippen molar-refractivity contribution >= 4 is 17.7 Å². The second kappa shape index (κ2) is 8.46. The van der Waals surface area contributed by atoms with Crippen molar-refractivity contribution < 1.29 is 19.5 Å². The van der Waals surface area contributed by atoms with E-state index in [2.05, 4.69) is 5.32 Å². The van der Waals surface area contributed by atoms with Gasteiger partial charge in [-0.3, -0.25) is 9.59 Å². The molecule has 2 unspecified atom stereocenters. The molecule has 1 rings (SSSR count). The van der Waals surface area contributed by atoms with E-state index in [9.17, 15) is 14.4 Å². The number of hydrogen-bond donors (Lipinski definition) is 2. The van der Waals surface area contributed by atoms with Crippen LogP contribution >= 0.6 is 0 Å². The van der Waals surface area contributed by atoms with Gasteiger partial charge in [-0.05, 0) is 18.9 Å². The molecule has 1 aromatic carbocycles. The summed E-state index contributed by atoms with van der Waals surface area (Å²) < 4.78 is 0. The molecule has 0 aliphatic rings. The SMILES string of the molecule is CCCC(NC(=O)C(C)c1ccc(C(=O)C(C)C)cc1)C(=O)O. The molecule has 0 spiro atoms. The van der Waals surface area contributed by atoms with Gasteiger partial charge < -0.3 is 10.4 Å². The van der Waals surface area contributed by atoms with Crippen LogP contribution in [0, 0.1) is 5.92 Å². The highest BCUT2D eigenvalue weighted by Gasteiger charge is 2.23. The van der Waals surface area contributed by atoms with Crippen LogP contribution in [0.3, 0.4) is 0 Å². The fourth-order valence-corrected chi connectivity index (χ4v) is 2.26. The molecule has 0 saturated carbocycles. The highest BCUT2D eigenvalue weighted by Crippen LogP contribution is 2.18. The molecule has 0 heterocycles. The number of carbonyl (C=O) groups excluding carboxylic acids is 2. The highest BCUT2D eigenvalue weighted by molar-refractivity contribution is 5.97. The summed E-state index contributed by atoms with van der Waals surface area (Å²) in [5, 5.41) is 11.7. The lowest BCUT2D eigenvalue weighted by Crippen LogP contribution is -2.42. The summed E-state index contributed by atoms with van der Waals surface area (Å²) in [6.07, 6.45) is 1.08. The van der Waals surface area contributed by atoms with Crippen LogP contribution in [-0.4, -0.2) is 28.8 Å². The first kappa shape index (κ1) is 18.9. The van der Waals surface area contributed by atoms with Crippen LogP contribution in [0.2, 0.25) is 0 Å². The van der Waals surface area contributed by atoms with E-state index < -0.39 is 17.9 Å². The minimum atomic E-state index is -1.02. The highest BCUT2D eigenvalue weighted by atomic mass is 16.4. The van der Waals surface area contributed by atoms with Crippen molar-refractivity contribution in [3.05, 3.63) is 35.4 Å². The van der Waals surface area contributed by atoms with E-state index >= 15 is 0 Å². The summed E-state index contributed by atoms with van der Waals surface area (Å²) in [4.78, 5) is 35.2. The number of ketones is 1. The van der Waals surface area contributed by atoms with Gasteiger partial charge in [-0.2, -0.15) is 0 Å². The number of Topliss-reactive ketones (excluding diaryl/α,β-unsaturated/α-hetero) is 1. The molecule has 0 saturated heterocycles. The van der Waals surface area contributed by atoms with Crippen LogP contribution in [0.4, 0.5) is 0 Å². The van der Waals surface area contributed by atoms with Crippen molar-refractivity contribution in [3.63, 3.8) is 0 Å². The quantitative estimate of drug-likeness (QED) is 0.722. The van der Waals surface area contributed by atoms with Crippen LogP contribution in [0.5, 0.6) is 0 Å². The van der Waals surface area contributed by atoms with Crippen molar-refractivity contribution in [2.24, 2.45) is 5.92 Å². The van der Waals surface area contributed by atoms with Crippen molar-refractivity contribution in [2.45, 2.75) is 52.5 Å². The Morgan fingerprint density at radius 1 is 1.09 bits per heavy atom. The Labute approximate surface area is 137 Å². The third-order valence-electron chi connectivity index (χ3n) is 3.80. The number of amides is 1. The maximum Gasteiger partial charge on any atom is 0.326 e. The normalized spacial score (nSPS) is 13.4. The Bertz CT molecular complexity index is 563. The summed E-state index contributed by atoms with van der Waals surface area (Å²) in [5.41, 5.74) is 1.37. The van der Waals surface area contributed by atoms with Gasteiger partial charge in [0, 0.05) is 11.5 Å². The van der Waals surface area contributed by atoms with Crippen molar-refractivity contribution in [3.8, 4) is 0 Å². The van der Waals surface area contributed by atoms with Gasteiger partial charge in [-0.25, -0.2) is 4.79 Å². The van der Waals surface area contributed by atoms with Gasteiger partial charge in [-0.1, -0.05) is 51.5 Å². The van der Waals surface area contributed by atoms with Crippen LogP contribution in [0.15, 0.2) is 24.3 Å². The Hall–Kier alpha value is -2.17. The summed E-state index contributed by atoms with van der Waals surface area (Å²) in [5.74, 6) is -1.84. The largest absolute Gasteiger partial charge is 0.480 e. The van der Waals surface area contributed by atoms with E-state index in [1.165, 1.54) is 0 Å². The Morgan fingerprint density at radius 2 is 1.65 bits per heavy atom. The summed E-state index contributed by atoms with van der Waals surface area (Å²) in [7, 11) is 0. The molecule has 5 heteroatoms. The molecule has 0 aromatic heterocycles. The van der Waals surface area contributed by atoms with Gasteiger partial charge in [0.1, 0.15) is 6.04 Å². The monoisotopic (exact) mass is 319 g/mol. The smallest absolute Gasteiger partial charge is 0.326 e. The fraction of sp³-hybridized carbons (Fsp3) is 0.500. The number of hydrogen-bond acceptors (Lipinski definition) is 3. The molecule has 5 nitrogen and oxygen atoms in total. The van der Waals surface area contributed by atoms with E-state index in [0.29, 0.717) is 18.4 Å². The third kappa shape index (κ3) is 5.20. The molecular formula is C18H25NO4. The lowest BCUT2D eigenvalue weighted by Gasteiger charge is -2.18. The number of benzene rings is 1. The number of rotatable bonds is 8. The average molecular weight is 319 g/mol. The lowest BCUT2D eigenvalue weighted by atomic mass is 9.95. The minimum absolute atomic E-state index is 0.0579. The van der Waals surface area contributed by atoms with E-state index in [1.807, 2.05) is 20.8 Å². The van der Waals surface area contributed by atoms with Gasteiger partial charge in [-0.15, -0.1) is 0 Å². The van der Waals surface area contributed by atoms with E-state index in [1.54, 1.807) is 31.2 Å². The maximum absolute atomic E-state index is 12.2. The Balaban J connectivity index is 2.80. The average Bonchev–Trinajstić information content (AvgIpc) is 2.52. The first-order valence-electron chi connectivity index (χ1n) is 7.95. The Kier molecular flexibility index (Phi) is 6.94. The van der Waals surface area contributed by atoms with Crippen LogP contribution in [0.25, 0.3) is 0 Å². The zero-order valence-corrected chi connectivity index (χ0v) is 14.1. The van der Waals surface area contributed by atoms with E-state index in [0.717, 1.165) is 5.56 Å². The maximum atomic E-state index is 12.2. The summed E-state index contributed by atoms with van der Waals surface area (Å²) in [6.45, 7) is 7.27. The molecule has 0 radical (unpaired) electrons. The topological polar surface area (TPSA) is 83.5 Å². The number of carbonyl (C=O) groups is 3. The van der Waals surface area contributed by atoms with Crippen LogP contribution < -0.4 is 5.32 Å². The first-order valence-corrected chi connectivity index (χ1v) is 7.95. The lowest BCUT2D eigenvalue weighted by molar-refractivity contribution is -0.142. The van der Waals surface area contributed by atoms with Gasteiger partial charge in [0.25, 0.3) is 0 Å². The second-order valence-corrected chi connectivity index (χ2v) is 6.05. The molecule has 2 N–H and O–H groups in total. The van der Waals surface area contributed by atoms with Crippen molar-refractivity contribution in [1.29, 1.82) is 0 Å². The molecule has 0 aliphatic heterocycles. The number of carboxylic acids is 1. The zero-order chi connectivity index (χ0) is 17.6. The molecule has 126 valence electrons. The predicted octanol–water partition coefficient (Wildman–Crippen LogP) is 3.00. The molecule has 1 aromatic rings. The standard InChI is InChI=1S/C18H25NO4/c1-5-6-15(18(22)23)19-17(21)12(4)13-7-9-14(10-8-13)16(20)11(2)3/h7-12,15H,5-6H2,1-4H3,(H,19,21)(H,22,23). The molecule has 1 amide bonds. The minimum Gasteiger partial charge on any atom is -0.480 e. The third-order valence-corrected chi connectivity index (χ3v) is 3.80. The fourth-order valence-electron chi connectivity index (χ4n) is 2.26. The summed E-state index contributed by atoms with van der Waals surface area (Å²) in [6, 6.07) is 6.05. The molecule has 23 heavy (non-hydrogen) atoms. The Morgan fingerprint density at radius 3 is 2.09 bits per heavy atom. The van der Waals surface area contributed by atoms with E-state index in [-0.39, 0.29) is 17.6 Å². The van der Waals surface area contributed by atoms with Crippen molar-refractivity contribution in [1.82, 2.24) is 5.32 Å². The van der Waals surface area contributed by atoms with Crippen LogP contribution in [0.1, 0.15) is 62.4 Å². The molecule has 2 atom stereocenters. The first-order chi connectivity index (χ1) is 10.8. The molecule has 0 aliphatic carbocycles. The van der Waals surface area contributed by atoms with Gasteiger partial charge in [0.2, 0.25) is 5.91 Å². The van der Waals surface area contributed by atoms with Gasteiger partial charge in [0.05, 0.1) is 5.92 Å².